The van der Waals surface area contributed by atoms with Gasteiger partial charge in [0, 0.05) is 27.6 Å². The van der Waals surface area contributed by atoms with Gasteiger partial charge in [0.2, 0.25) is 0 Å². The van der Waals surface area contributed by atoms with Crippen LogP contribution in [0.1, 0.15) is 37.1 Å². The Morgan fingerprint density at radius 3 is 2.46 bits per heavy atom. The van der Waals surface area contributed by atoms with Crippen LogP contribution in [0.5, 0.6) is 5.75 Å². The van der Waals surface area contributed by atoms with Gasteiger partial charge >= 0.3 is 5.97 Å². The number of methoxy groups -OCH3 is 1. The van der Waals surface area contributed by atoms with Crippen LogP contribution >= 0.6 is 15.9 Å². The number of rotatable bonds is 7. The molecule has 0 atom stereocenters. The van der Waals surface area contributed by atoms with E-state index in [2.05, 4.69) is 63.8 Å². The molecule has 1 heterocycles. The molecule has 5 heteroatoms. The van der Waals surface area contributed by atoms with Gasteiger partial charge < -0.3 is 14.4 Å². The standard InChI is InChI=1S/C23H26BrNO3/c1-15-19(11-12-23(2,3)22(26)27)20-13-18(28-4)9-10-21(20)25(15)14-16-5-7-17(24)8-6-16/h5-10,13H,11-12,14H2,1-4H3,(H,26,27). The van der Waals surface area contributed by atoms with E-state index in [0.29, 0.717) is 12.8 Å². The topological polar surface area (TPSA) is 51.5 Å². The fourth-order valence-electron chi connectivity index (χ4n) is 3.49. The zero-order chi connectivity index (χ0) is 20.5. The number of hydrogen-bond donors (Lipinski definition) is 1. The highest BCUT2D eigenvalue weighted by Crippen LogP contribution is 2.33. The van der Waals surface area contributed by atoms with Crippen LogP contribution in [-0.2, 0) is 17.8 Å². The van der Waals surface area contributed by atoms with Gasteiger partial charge in [0.1, 0.15) is 5.75 Å². The molecule has 0 unspecified atom stereocenters. The lowest BCUT2D eigenvalue weighted by Gasteiger charge is -2.19. The van der Waals surface area contributed by atoms with E-state index >= 15 is 0 Å². The minimum absolute atomic E-state index is 0.581. The maximum atomic E-state index is 11.5. The van der Waals surface area contributed by atoms with Crippen molar-refractivity contribution in [1.82, 2.24) is 4.57 Å². The van der Waals surface area contributed by atoms with E-state index in [1.165, 1.54) is 16.8 Å². The predicted octanol–water partition coefficient (Wildman–Crippen LogP) is 5.81. The van der Waals surface area contributed by atoms with E-state index in [4.69, 9.17) is 4.74 Å². The van der Waals surface area contributed by atoms with Gasteiger partial charge in [0.25, 0.3) is 0 Å². The SMILES string of the molecule is COc1ccc2c(c1)c(CCC(C)(C)C(=O)O)c(C)n2Cc1ccc(Br)cc1. The molecule has 0 saturated heterocycles. The van der Waals surface area contributed by atoms with Crippen molar-refractivity contribution in [2.45, 2.75) is 40.2 Å². The van der Waals surface area contributed by atoms with Crippen molar-refractivity contribution in [3.8, 4) is 5.75 Å². The van der Waals surface area contributed by atoms with Crippen molar-refractivity contribution >= 4 is 32.8 Å². The minimum Gasteiger partial charge on any atom is -0.497 e. The summed E-state index contributed by atoms with van der Waals surface area (Å²) in [6.45, 7) is 6.46. The number of aromatic nitrogens is 1. The van der Waals surface area contributed by atoms with E-state index in [0.717, 1.165) is 27.7 Å². The summed E-state index contributed by atoms with van der Waals surface area (Å²) in [5, 5.41) is 10.6. The molecule has 3 aromatic rings. The molecule has 2 aromatic carbocycles. The molecular formula is C23H26BrNO3. The van der Waals surface area contributed by atoms with Gasteiger partial charge in [-0.3, -0.25) is 4.79 Å². The quantitative estimate of drug-likeness (QED) is 0.500. The van der Waals surface area contributed by atoms with E-state index in [1.807, 2.05) is 6.07 Å². The summed E-state index contributed by atoms with van der Waals surface area (Å²) in [6.07, 6.45) is 1.29. The molecule has 0 saturated carbocycles. The highest BCUT2D eigenvalue weighted by atomic mass is 79.9. The zero-order valence-corrected chi connectivity index (χ0v) is 18.3. The molecule has 4 nitrogen and oxygen atoms in total. The second kappa shape index (κ2) is 8.00. The van der Waals surface area contributed by atoms with Crippen molar-refractivity contribution in [1.29, 1.82) is 0 Å². The fourth-order valence-corrected chi connectivity index (χ4v) is 3.76. The highest BCUT2D eigenvalue weighted by molar-refractivity contribution is 9.10. The Hall–Kier alpha value is -2.27. The average Bonchev–Trinajstić information content (AvgIpc) is 2.92. The van der Waals surface area contributed by atoms with Crippen LogP contribution in [0.4, 0.5) is 0 Å². The van der Waals surface area contributed by atoms with Crippen LogP contribution < -0.4 is 4.74 Å². The Balaban J connectivity index is 2.05. The number of halogens is 1. The summed E-state index contributed by atoms with van der Waals surface area (Å²) in [4.78, 5) is 11.5. The Morgan fingerprint density at radius 1 is 1.18 bits per heavy atom. The van der Waals surface area contributed by atoms with Gasteiger partial charge in [-0.1, -0.05) is 28.1 Å². The predicted molar refractivity (Wildman–Crippen MR) is 116 cm³/mol. The maximum absolute atomic E-state index is 11.5. The fraction of sp³-hybridized carbons (Fsp3) is 0.348. The van der Waals surface area contributed by atoms with Crippen LogP contribution in [0.2, 0.25) is 0 Å². The van der Waals surface area contributed by atoms with Crippen molar-refractivity contribution in [2.24, 2.45) is 5.41 Å². The number of nitrogens with zero attached hydrogens (tertiary/aromatic N) is 1. The number of benzene rings is 2. The lowest BCUT2D eigenvalue weighted by Crippen LogP contribution is -2.24. The first kappa shape index (κ1) is 20.5. The van der Waals surface area contributed by atoms with Gasteiger partial charge in [-0.05, 0) is 75.1 Å². The number of carboxylic acid groups (broad SMARTS) is 1. The van der Waals surface area contributed by atoms with Crippen LogP contribution in [0, 0.1) is 12.3 Å². The molecular weight excluding hydrogens is 418 g/mol. The first-order chi connectivity index (χ1) is 13.2. The number of fused-ring (bicyclic) bond motifs is 1. The number of hydrogen-bond acceptors (Lipinski definition) is 2. The molecule has 0 aliphatic carbocycles. The third-order valence-corrected chi connectivity index (χ3v) is 6.02. The molecule has 1 N–H and O–H groups in total. The normalized spacial score (nSPS) is 11.8. The molecule has 28 heavy (non-hydrogen) atoms. The largest absolute Gasteiger partial charge is 0.497 e. The Kier molecular flexibility index (Phi) is 5.84. The molecule has 0 aliphatic rings. The molecule has 0 bridgehead atoms. The summed E-state index contributed by atoms with van der Waals surface area (Å²) < 4.78 is 8.80. The van der Waals surface area contributed by atoms with E-state index < -0.39 is 11.4 Å². The number of carbonyl (C=O) groups is 1. The van der Waals surface area contributed by atoms with Gasteiger partial charge in [-0.2, -0.15) is 0 Å². The molecule has 0 aliphatic heterocycles. The highest BCUT2D eigenvalue weighted by Gasteiger charge is 2.28. The van der Waals surface area contributed by atoms with Gasteiger partial charge in [0.15, 0.2) is 0 Å². The summed E-state index contributed by atoms with van der Waals surface area (Å²) in [5.41, 5.74) is 3.97. The molecule has 0 amide bonds. The number of ether oxygens (including phenoxy) is 1. The first-order valence-electron chi connectivity index (χ1n) is 9.36. The van der Waals surface area contributed by atoms with Crippen molar-refractivity contribution < 1.29 is 14.6 Å². The van der Waals surface area contributed by atoms with Crippen LogP contribution in [-0.4, -0.2) is 22.8 Å². The summed E-state index contributed by atoms with van der Waals surface area (Å²) in [5.74, 6) is 0.0494. The van der Waals surface area contributed by atoms with E-state index in [1.54, 1.807) is 21.0 Å². The second-order valence-electron chi connectivity index (χ2n) is 7.85. The third-order valence-electron chi connectivity index (χ3n) is 5.49. The van der Waals surface area contributed by atoms with Crippen LogP contribution in [0.15, 0.2) is 46.9 Å². The Morgan fingerprint density at radius 2 is 1.86 bits per heavy atom. The summed E-state index contributed by atoms with van der Waals surface area (Å²) in [7, 11) is 1.67. The van der Waals surface area contributed by atoms with Gasteiger partial charge in [-0.15, -0.1) is 0 Å². The molecule has 3 rings (SSSR count). The summed E-state index contributed by atoms with van der Waals surface area (Å²) in [6, 6.07) is 14.5. The van der Waals surface area contributed by atoms with Crippen molar-refractivity contribution in [3.63, 3.8) is 0 Å². The molecule has 0 spiro atoms. The number of aliphatic carboxylic acids is 1. The van der Waals surface area contributed by atoms with Crippen molar-refractivity contribution in [2.75, 3.05) is 7.11 Å². The minimum atomic E-state index is -0.763. The lowest BCUT2D eigenvalue weighted by molar-refractivity contribution is -0.147. The van der Waals surface area contributed by atoms with E-state index in [9.17, 15) is 9.90 Å². The average molecular weight is 444 g/mol. The van der Waals surface area contributed by atoms with Gasteiger partial charge in [-0.25, -0.2) is 0 Å². The van der Waals surface area contributed by atoms with Crippen LogP contribution in [0.25, 0.3) is 10.9 Å². The van der Waals surface area contributed by atoms with Gasteiger partial charge in [0.05, 0.1) is 12.5 Å². The Bertz CT molecular complexity index is 1000. The summed E-state index contributed by atoms with van der Waals surface area (Å²) >= 11 is 3.49. The van der Waals surface area contributed by atoms with Crippen LogP contribution in [0.3, 0.4) is 0 Å². The molecule has 0 radical (unpaired) electrons. The second-order valence-corrected chi connectivity index (χ2v) is 8.76. The number of carboxylic acids is 1. The zero-order valence-electron chi connectivity index (χ0n) is 16.8. The molecule has 148 valence electrons. The maximum Gasteiger partial charge on any atom is 0.309 e. The first-order valence-corrected chi connectivity index (χ1v) is 10.2. The monoisotopic (exact) mass is 443 g/mol. The molecule has 0 fully saturated rings. The number of aryl methyl sites for hydroxylation is 1. The van der Waals surface area contributed by atoms with Crippen molar-refractivity contribution in [3.05, 3.63) is 63.8 Å². The third kappa shape index (κ3) is 4.09. The Labute approximate surface area is 174 Å². The lowest BCUT2D eigenvalue weighted by atomic mass is 9.86. The van der Waals surface area contributed by atoms with E-state index in [-0.39, 0.29) is 0 Å². The smallest absolute Gasteiger partial charge is 0.309 e. The molecule has 1 aromatic heterocycles.